The number of likely N-dealkylation sites (N-methyl/N-ethyl adjacent to an activating group) is 1. The van der Waals surface area contributed by atoms with Gasteiger partial charge in [-0.1, -0.05) is 0 Å². The Morgan fingerprint density at radius 1 is 1.44 bits per heavy atom. The first-order valence-electron chi connectivity index (χ1n) is 5.54. The van der Waals surface area contributed by atoms with Crippen LogP contribution in [-0.4, -0.2) is 53.2 Å². The van der Waals surface area contributed by atoms with Crippen molar-refractivity contribution in [2.24, 2.45) is 0 Å². The Morgan fingerprint density at radius 3 is 2.62 bits per heavy atom. The molecule has 16 heavy (non-hydrogen) atoms. The van der Waals surface area contributed by atoms with Crippen LogP contribution in [0.2, 0.25) is 0 Å². The van der Waals surface area contributed by atoms with Crippen LogP contribution in [0.15, 0.2) is 12.4 Å². The summed E-state index contributed by atoms with van der Waals surface area (Å²) in [5.74, 6) is 0.765. The highest BCUT2D eigenvalue weighted by atomic mass is 16.3. The first-order valence-corrected chi connectivity index (χ1v) is 5.54. The number of hydrogen-bond acceptors (Lipinski definition) is 5. The van der Waals surface area contributed by atoms with E-state index >= 15 is 0 Å². The smallest absolute Gasteiger partial charge is 0.225 e. The predicted octanol–water partition coefficient (Wildman–Crippen LogP) is 0.109. The van der Waals surface area contributed by atoms with Crippen LogP contribution in [0, 0.1) is 0 Å². The summed E-state index contributed by atoms with van der Waals surface area (Å²) in [5.41, 5.74) is 0.757. The van der Waals surface area contributed by atoms with E-state index in [1.54, 1.807) is 12.4 Å². The number of aliphatic hydroxyl groups excluding tert-OH is 1. The van der Waals surface area contributed by atoms with E-state index in [2.05, 4.69) is 33.9 Å². The minimum Gasteiger partial charge on any atom is -0.392 e. The third-order valence-electron chi connectivity index (χ3n) is 3.05. The van der Waals surface area contributed by atoms with E-state index in [4.69, 9.17) is 5.11 Å². The summed E-state index contributed by atoms with van der Waals surface area (Å²) in [6.07, 6.45) is 4.52. The fraction of sp³-hybridized carbons (Fsp3) is 0.636. The second-order valence-corrected chi connectivity index (χ2v) is 4.40. The molecule has 0 aromatic carbocycles. The molecule has 1 unspecified atom stereocenters. The molecule has 1 aliphatic heterocycles. The maximum atomic E-state index is 8.91. The van der Waals surface area contributed by atoms with Crippen molar-refractivity contribution < 1.29 is 5.11 Å². The number of nitrogens with zero attached hydrogens (tertiary/aromatic N) is 4. The molecule has 0 amide bonds. The van der Waals surface area contributed by atoms with E-state index in [1.807, 2.05) is 0 Å². The molecule has 0 saturated carbocycles. The van der Waals surface area contributed by atoms with Gasteiger partial charge in [0.25, 0.3) is 0 Å². The van der Waals surface area contributed by atoms with Gasteiger partial charge in [0.2, 0.25) is 5.95 Å². The van der Waals surface area contributed by atoms with Crippen LogP contribution >= 0.6 is 0 Å². The van der Waals surface area contributed by atoms with Crippen molar-refractivity contribution in [1.29, 1.82) is 0 Å². The lowest BCUT2D eigenvalue weighted by Crippen LogP contribution is -2.32. The second kappa shape index (κ2) is 4.76. The molecule has 0 radical (unpaired) electrons. The molecule has 0 spiro atoms. The fourth-order valence-electron chi connectivity index (χ4n) is 1.94. The van der Waals surface area contributed by atoms with E-state index < -0.39 is 0 Å². The largest absolute Gasteiger partial charge is 0.392 e. The van der Waals surface area contributed by atoms with Crippen LogP contribution in [0.5, 0.6) is 0 Å². The van der Waals surface area contributed by atoms with Crippen molar-refractivity contribution in [3.05, 3.63) is 18.0 Å². The Morgan fingerprint density at radius 2 is 2.12 bits per heavy atom. The van der Waals surface area contributed by atoms with Gasteiger partial charge >= 0.3 is 0 Å². The zero-order chi connectivity index (χ0) is 11.5. The first-order chi connectivity index (χ1) is 7.70. The van der Waals surface area contributed by atoms with Crippen LogP contribution < -0.4 is 4.90 Å². The molecule has 5 heteroatoms. The summed E-state index contributed by atoms with van der Waals surface area (Å²) in [7, 11) is 4.20. The summed E-state index contributed by atoms with van der Waals surface area (Å²) < 4.78 is 0. The predicted molar refractivity (Wildman–Crippen MR) is 62.3 cm³/mol. The zero-order valence-corrected chi connectivity index (χ0v) is 9.80. The highest BCUT2D eigenvalue weighted by molar-refractivity contribution is 5.32. The van der Waals surface area contributed by atoms with E-state index in [-0.39, 0.29) is 6.61 Å². The first kappa shape index (κ1) is 11.3. The average molecular weight is 222 g/mol. The average Bonchev–Trinajstić information content (AvgIpc) is 2.78. The molecule has 5 nitrogen and oxygen atoms in total. The molecule has 1 atom stereocenters. The van der Waals surface area contributed by atoms with E-state index in [0.29, 0.717) is 6.04 Å². The van der Waals surface area contributed by atoms with Gasteiger partial charge in [0.05, 0.1) is 6.61 Å². The van der Waals surface area contributed by atoms with E-state index in [9.17, 15) is 0 Å². The Labute approximate surface area is 95.7 Å². The van der Waals surface area contributed by atoms with E-state index in [1.165, 1.54) is 0 Å². The summed E-state index contributed by atoms with van der Waals surface area (Å²) >= 11 is 0. The molecule has 1 aromatic rings. The van der Waals surface area contributed by atoms with Crippen LogP contribution in [0.3, 0.4) is 0 Å². The maximum absolute atomic E-state index is 8.91. The fourth-order valence-corrected chi connectivity index (χ4v) is 1.94. The van der Waals surface area contributed by atoms with Gasteiger partial charge in [0, 0.05) is 37.1 Å². The standard InChI is InChI=1S/C11H18N4O/c1-14(2)10-3-4-15(7-10)11-12-5-9(8-16)6-13-11/h5-6,10,16H,3-4,7-8H2,1-2H3. The summed E-state index contributed by atoms with van der Waals surface area (Å²) in [4.78, 5) is 12.9. The highest BCUT2D eigenvalue weighted by Gasteiger charge is 2.25. The number of hydrogen-bond donors (Lipinski definition) is 1. The number of rotatable bonds is 3. The molecule has 88 valence electrons. The van der Waals surface area contributed by atoms with Gasteiger partial charge in [0.1, 0.15) is 0 Å². The zero-order valence-electron chi connectivity index (χ0n) is 9.80. The van der Waals surface area contributed by atoms with Gasteiger partial charge in [-0.25, -0.2) is 9.97 Å². The van der Waals surface area contributed by atoms with E-state index in [0.717, 1.165) is 31.0 Å². The molecule has 0 aliphatic carbocycles. The van der Waals surface area contributed by atoms with Gasteiger partial charge in [-0.3, -0.25) is 0 Å². The minimum absolute atomic E-state index is 0.000598. The Balaban J connectivity index is 2.03. The van der Waals surface area contributed by atoms with Gasteiger partial charge in [-0.15, -0.1) is 0 Å². The molecule has 2 heterocycles. The summed E-state index contributed by atoms with van der Waals surface area (Å²) in [6, 6.07) is 0.584. The topological polar surface area (TPSA) is 52.5 Å². The maximum Gasteiger partial charge on any atom is 0.225 e. The Hall–Kier alpha value is -1.20. The van der Waals surface area contributed by atoms with Crippen molar-refractivity contribution >= 4 is 5.95 Å². The lowest BCUT2D eigenvalue weighted by molar-refractivity contribution is 0.281. The van der Waals surface area contributed by atoms with Crippen LogP contribution in [0.4, 0.5) is 5.95 Å². The number of anilines is 1. The number of aliphatic hydroxyl groups is 1. The lowest BCUT2D eigenvalue weighted by atomic mass is 10.2. The van der Waals surface area contributed by atoms with Crippen LogP contribution in [-0.2, 0) is 6.61 Å². The Kier molecular flexibility index (Phi) is 3.36. The van der Waals surface area contributed by atoms with Crippen molar-refractivity contribution in [3.63, 3.8) is 0 Å². The molecule has 1 N–H and O–H groups in total. The quantitative estimate of drug-likeness (QED) is 0.786. The monoisotopic (exact) mass is 222 g/mol. The summed E-state index contributed by atoms with van der Waals surface area (Å²) in [6.45, 7) is 1.98. The molecule has 2 rings (SSSR count). The molecule has 1 fully saturated rings. The Bertz CT molecular complexity index is 338. The third kappa shape index (κ3) is 2.31. The van der Waals surface area contributed by atoms with Crippen LogP contribution in [0.25, 0.3) is 0 Å². The molecular weight excluding hydrogens is 204 g/mol. The lowest BCUT2D eigenvalue weighted by Gasteiger charge is -2.20. The van der Waals surface area contributed by atoms with Crippen molar-refractivity contribution in [1.82, 2.24) is 14.9 Å². The SMILES string of the molecule is CN(C)C1CCN(c2ncc(CO)cn2)C1. The summed E-state index contributed by atoms with van der Waals surface area (Å²) in [5, 5.41) is 8.91. The van der Waals surface area contributed by atoms with Gasteiger partial charge in [0.15, 0.2) is 0 Å². The highest BCUT2D eigenvalue weighted by Crippen LogP contribution is 2.18. The van der Waals surface area contributed by atoms with Crippen LogP contribution in [0.1, 0.15) is 12.0 Å². The molecular formula is C11H18N4O. The molecule has 1 aromatic heterocycles. The van der Waals surface area contributed by atoms with Crippen molar-refractivity contribution in [2.45, 2.75) is 19.1 Å². The van der Waals surface area contributed by atoms with Gasteiger partial charge in [-0.05, 0) is 20.5 Å². The number of aromatic nitrogens is 2. The molecule has 1 saturated heterocycles. The van der Waals surface area contributed by atoms with Gasteiger partial charge < -0.3 is 14.9 Å². The molecule has 1 aliphatic rings. The minimum atomic E-state index is 0.000598. The van der Waals surface area contributed by atoms with Crippen molar-refractivity contribution in [3.8, 4) is 0 Å². The second-order valence-electron chi connectivity index (χ2n) is 4.40. The third-order valence-corrected chi connectivity index (χ3v) is 3.05. The molecule has 0 bridgehead atoms. The van der Waals surface area contributed by atoms with Gasteiger partial charge in [-0.2, -0.15) is 0 Å². The normalized spacial score (nSPS) is 20.8. The van der Waals surface area contributed by atoms with Crippen molar-refractivity contribution in [2.75, 3.05) is 32.1 Å².